The minimum atomic E-state index is 0.470. The molecule has 0 aliphatic rings. The normalized spacial score (nSPS) is 12.8. The Bertz CT molecular complexity index is 335. The highest BCUT2D eigenvalue weighted by Crippen LogP contribution is 2.24. The zero-order valence-corrected chi connectivity index (χ0v) is 12.4. The molecular formula is C13H21IN2. The van der Waals surface area contributed by atoms with E-state index < -0.39 is 0 Å². The molecule has 0 spiro atoms. The van der Waals surface area contributed by atoms with Gasteiger partial charge in [0, 0.05) is 9.61 Å². The van der Waals surface area contributed by atoms with Crippen LogP contribution in [0.3, 0.4) is 0 Å². The van der Waals surface area contributed by atoms with Gasteiger partial charge in [-0.2, -0.15) is 0 Å². The van der Waals surface area contributed by atoms with E-state index in [2.05, 4.69) is 60.8 Å². The van der Waals surface area contributed by atoms with Crippen molar-refractivity contribution in [3.05, 3.63) is 21.8 Å². The van der Waals surface area contributed by atoms with Crippen LogP contribution < -0.4 is 11.1 Å². The molecule has 16 heavy (non-hydrogen) atoms. The lowest BCUT2D eigenvalue weighted by Crippen LogP contribution is -2.25. The SMILES string of the molecule is CCC(CC)C(C)Nc1ccc(I)cc1N. The van der Waals surface area contributed by atoms with E-state index in [1.807, 2.05) is 6.07 Å². The first-order chi connectivity index (χ1) is 7.58. The first-order valence-corrected chi connectivity index (χ1v) is 6.97. The van der Waals surface area contributed by atoms with Gasteiger partial charge in [-0.25, -0.2) is 0 Å². The standard InChI is InChI=1S/C13H21IN2/c1-4-10(5-2)9(3)16-13-7-6-11(14)8-12(13)15/h6-10,16H,4-5,15H2,1-3H3. The van der Waals surface area contributed by atoms with Crippen LogP contribution in [0.5, 0.6) is 0 Å². The summed E-state index contributed by atoms with van der Waals surface area (Å²) >= 11 is 2.28. The van der Waals surface area contributed by atoms with Crippen molar-refractivity contribution in [2.24, 2.45) is 5.92 Å². The van der Waals surface area contributed by atoms with Crippen molar-refractivity contribution in [3.8, 4) is 0 Å². The van der Waals surface area contributed by atoms with Crippen LogP contribution in [0.2, 0.25) is 0 Å². The van der Waals surface area contributed by atoms with Crippen LogP contribution in [0, 0.1) is 9.49 Å². The zero-order valence-electron chi connectivity index (χ0n) is 10.3. The Balaban J connectivity index is 2.72. The molecule has 1 aromatic rings. The third-order valence-corrected chi connectivity index (χ3v) is 3.82. The van der Waals surface area contributed by atoms with Crippen LogP contribution in [0.1, 0.15) is 33.6 Å². The molecule has 0 aliphatic carbocycles. The Kier molecular flexibility index (Phi) is 5.38. The minimum Gasteiger partial charge on any atom is -0.397 e. The van der Waals surface area contributed by atoms with Gasteiger partial charge in [0.1, 0.15) is 0 Å². The average Bonchev–Trinajstić information content (AvgIpc) is 2.24. The van der Waals surface area contributed by atoms with E-state index in [1.54, 1.807) is 0 Å². The predicted octanol–water partition coefficient (Wildman–Crippen LogP) is 4.11. The fourth-order valence-corrected chi connectivity index (χ4v) is 2.54. The summed E-state index contributed by atoms with van der Waals surface area (Å²) in [5, 5.41) is 3.51. The van der Waals surface area contributed by atoms with Crippen molar-refractivity contribution in [1.29, 1.82) is 0 Å². The number of nitrogens with two attached hydrogens (primary N) is 1. The maximum Gasteiger partial charge on any atom is 0.0576 e. The summed E-state index contributed by atoms with van der Waals surface area (Å²) in [6, 6.07) is 6.62. The molecule has 0 fully saturated rings. The summed E-state index contributed by atoms with van der Waals surface area (Å²) in [6.45, 7) is 6.71. The van der Waals surface area contributed by atoms with Crippen LogP contribution >= 0.6 is 22.6 Å². The van der Waals surface area contributed by atoms with Crippen LogP contribution in [0.25, 0.3) is 0 Å². The Morgan fingerprint density at radius 3 is 2.44 bits per heavy atom. The predicted molar refractivity (Wildman–Crippen MR) is 80.7 cm³/mol. The van der Waals surface area contributed by atoms with Gasteiger partial charge in [0.2, 0.25) is 0 Å². The molecular weight excluding hydrogens is 311 g/mol. The number of halogens is 1. The molecule has 3 N–H and O–H groups in total. The van der Waals surface area contributed by atoms with Gasteiger partial charge in [0.15, 0.2) is 0 Å². The molecule has 0 aromatic heterocycles. The number of benzene rings is 1. The van der Waals surface area contributed by atoms with E-state index in [0.717, 1.165) is 11.4 Å². The van der Waals surface area contributed by atoms with Crippen molar-refractivity contribution >= 4 is 34.0 Å². The topological polar surface area (TPSA) is 38.0 Å². The van der Waals surface area contributed by atoms with Gasteiger partial charge in [-0.05, 0) is 53.6 Å². The quantitative estimate of drug-likeness (QED) is 0.629. The van der Waals surface area contributed by atoms with Crippen molar-refractivity contribution in [2.75, 3.05) is 11.1 Å². The number of anilines is 2. The van der Waals surface area contributed by atoms with Gasteiger partial charge in [0.25, 0.3) is 0 Å². The van der Waals surface area contributed by atoms with Crippen molar-refractivity contribution < 1.29 is 0 Å². The number of nitrogen functional groups attached to an aromatic ring is 1. The van der Waals surface area contributed by atoms with Gasteiger partial charge >= 0.3 is 0 Å². The van der Waals surface area contributed by atoms with Gasteiger partial charge < -0.3 is 11.1 Å². The number of hydrogen-bond donors (Lipinski definition) is 2. The minimum absolute atomic E-state index is 0.470. The monoisotopic (exact) mass is 332 g/mol. The number of nitrogens with one attached hydrogen (secondary N) is 1. The molecule has 3 heteroatoms. The molecule has 0 saturated carbocycles. The lowest BCUT2D eigenvalue weighted by atomic mass is 9.95. The van der Waals surface area contributed by atoms with Gasteiger partial charge in [-0.1, -0.05) is 26.7 Å². The van der Waals surface area contributed by atoms with E-state index >= 15 is 0 Å². The third-order valence-electron chi connectivity index (χ3n) is 3.15. The zero-order chi connectivity index (χ0) is 12.1. The molecule has 2 nitrogen and oxygen atoms in total. The highest BCUT2D eigenvalue weighted by molar-refractivity contribution is 14.1. The molecule has 1 aromatic carbocycles. The molecule has 0 radical (unpaired) electrons. The second-order valence-electron chi connectivity index (χ2n) is 4.24. The van der Waals surface area contributed by atoms with Crippen molar-refractivity contribution in [1.82, 2.24) is 0 Å². The lowest BCUT2D eigenvalue weighted by Gasteiger charge is -2.24. The van der Waals surface area contributed by atoms with Gasteiger partial charge in [-0.3, -0.25) is 0 Å². The van der Waals surface area contributed by atoms with E-state index in [9.17, 15) is 0 Å². The molecule has 1 unspecified atom stereocenters. The van der Waals surface area contributed by atoms with Crippen molar-refractivity contribution in [3.63, 3.8) is 0 Å². The average molecular weight is 332 g/mol. The van der Waals surface area contributed by atoms with Crippen LogP contribution in [0.15, 0.2) is 18.2 Å². The smallest absolute Gasteiger partial charge is 0.0576 e. The summed E-state index contributed by atoms with van der Waals surface area (Å²) in [7, 11) is 0. The second-order valence-corrected chi connectivity index (χ2v) is 5.49. The molecule has 0 saturated heterocycles. The van der Waals surface area contributed by atoms with E-state index in [0.29, 0.717) is 12.0 Å². The fraction of sp³-hybridized carbons (Fsp3) is 0.538. The molecule has 90 valence electrons. The van der Waals surface area contributed by atoms with Gasteiger partial charge in [-0.15, -0.1) is 0 Å². The summed E-state index contributed by atoms with van der Waals surface area (Å²) in [5.41, 5.74) is 7.88. The van der Waals surface area contributed by atoms with Gasteiger partial charge in [0.05, 0.1) is 11.4 Å². The second kappa shape index (κ2) is 6.33. The van der Waals surface area contributed by atoms with Crippen LogP contribution in [0.4, 0.5) is 11.4 Å². The largest absolute Gasteiger partial charge is 0.397 e. The Morgan fingerprint density at radius 2 is 1.94 bits per heavy atom. The molecule has 0 amide bonds. The van der Waals surface area contributed by atoms with Crippen molar-refractivity contribution in [2.45, 2.75) is 39.7 Å². The summed E-state index contributed by atoms with van der Waals surface area (Å²) < 4.78 is 1.18. The summed E-state index contributed by atoms with van der Waals surface area (Å²) in [4.78, 5) is 0. The molecule has 0 bridgehead atoms. The molecule has 1 rings (SSSR count). The maximum atomic E-state index is 5.99. The maximum absolute atomic E-state index is 5.99. The lowest BCUT2D eigenvalue weighted by molar-refractivity contribution is 0.438. The Labute approximate surface area is 112 Å². The molecule has 0 heterocycles. The Morgan fingerprint density at radius 1 is 1.31 bits per heavy atom. The third kappa shape index (κ3) is 3.54. The van der Waals surface area contributed by atoms with E-state index in [-0.39, 0.29) is 0 Å². The van der Waals surface area contributed by atoms with Crippen LogP contribution in [-0.4, -0.2) is 6.04 Å². The highest BCUT2D eigenvalue weighted by atomic mass is 127. The molecule has 0 aliphatic heterocycles. The highest BCUT2D eigenvalue weighted by Gasteiger charge is 2.13. The summed E-state index contributed by atoms with van der Waals surface area (Å²) in [6.07, 6.45) is 2.41. The summed E-state index contributed by atoms with van der Waals surface area (Å²) in [5.74, 6) is 0.707. The van der Waals surface area contributed by atoms with E-state index in [4.69, 9.17) is 5.73 Å². The van der Waals surface area contributed by atoms with E-state index in [1.165, 1.54) is 16.4 Å². The first kappa shape index (κ1) is 13.6. The number of hydrogen-bond acceptors (Lipinski definition) is 2. The Hall–Kier alpha value is -0.450. The fourth-order valence-electron chi connectivity index (χ4n) is 2.02. The number of rotatable bonds is 5. The first-order valence-electron chi connectivity index (χ1n) is 5.90. The van der Waals surface area contributed by atoms with Crippen LogP contribution in [-0.2, 0) is 0 Å². The molecule has 1 atom stereocenters.